The molecule has 2 aliphatic rings. The van der Waals surface area contributed by atoms with Crippen molar-refractivity contribution in [1.29, 1.82) is 0 Å². The van der Waals surface area contributed by atoms with Gasteiger partial charge in [-0.15, -0.1) is 0 Å². The Morgan fingerprint density at radius 1 is 1.20 bits per heavy atom. The van der Waals surface area contributed by atoms with Crippen LogP contribution in [0.3, 0.4) is 0 Å². The van der Waals surface area contributed by atoms with E-state index in [0.29, 0.717) is 6.42 Å². The van der Waals surface area contributed by atoms with Crippen molar-refractivity contribution in [1.82, 2.24) is 10.3 Å². The molecular formula is C20H23N3O2. The summed E-state index contributed by atoms with van der Waals surface area (Å²) < 4.78 is 6.08. The summed E-state index contributed by atoms with van der Waals surface area (Å²) in [6, 6.07) is 8.31. The van der Waals surface area contributed by atoms with Crippen molar-refractivity contribution >= 4 is 11.6 Å². The predicted molar refractivity (Wildman–Crippen MR) is 97.9 cm³/mol. The molecule has 130 valence electrons. The fourth-order valence-electron chi connectivity index (χ4n) is 3.59. The molecule has 5 nitrogen and oxygen atoms in total. The number of fused-ring (bicyclic) bond motifs is 1. The number of hydrogen-bond acceptors (Lipinski definition) is 4. The monoisotopic (exact) mass is 337 g/mol. The molecule has 1 aromatic carbocycles. The fourth-order valence-corrected chi connectivity index (χ4v) is 3.59. The summed E-state index contributed by atoms with van der Waals surface area (Å²) in [7, 11) is 1.84. The lowest BCUT2D eigenvalue weighted by atomic mass is 9.97. The van der Waals surface area contributed by atoms with Crippen molar-refractivity contribution in [2.24, 2.45) is 0 Å². The lowest BCUT2D eigenvalue weighted by molar-refractivity contribution is -0.118. The van der Waals surface area contributed by atoms with Crippen molar-refractivity contribution < 1.29 is 9.53 Å². The second kappa shape index (κ2) is 6.84. The number of aryl methyl sites for hydroxylation is 1. The van der Waals surface area contributed by atoms with Gasteiger partial charge in [-0.05, 0) is 55.1 Å². The summed E-state index contributed by atoms with van der Waals surface area (Å²) in [6.07, 6.45) is 7.46. The topological polar surface area (TPSA) is 54.5 Å². The van der Waals surface area contributed by atoms with E-state index in [1.54, 1.807) is 11.1 Å². The minimum absolute atomic E-state index is 0.179. The second-order valence-electron chi connectivity index (χ2n) is 6.79. The molecule has 1 amide bonds. The summed E-state index contributed by atoms with van der Waals surface area (Å²) in [5.74, 6) is 0.995. The fraction of sp³-hybridized carbons (Fsp3) is 0.400. The summed E-state index contributed by atoms with van der Waals surface area (Å²) in [4.78, 5) is 17.9. The van der Waals surface area contributed by atoms with Gasteiger partial charge in [0.1, 0.15) is 11.9 Å². The van der Waals surface area contributed by atoms with Gasteiger partial charge in [-0.3, -0.25) is 9.78 Å². The van der Waals surface area contributed by atoms with Gasteiger partial charge in [0.15, 0.2) is 0 Å². The van der Waals surface area contributed by atoms with Crippen LogP contribution in [0.15, 0.2) is 36.7 Å². The molecule has 1 saturated heterocycles. The zero-order valence-electron chi connectivity index (χ0n) is 14.5. The number of hydrogen-bond donors (Lipinski definition) is 1. The molecule has 5 heteroatoms. The second-order valence-corrected chi connectivity index (χ2v) is 6.79. The number of carbonyl (C=O) groups excluding carboxylic acids is 1. The molecule has 1 N–H and O–H groups in total. The lowest BCUT2D eigenvalue weighted by Gasteiger charge is -2.26. The third-order valence-corrected chi connectivity index (χ3v) is 5.02. The van der Waals surface area contributed by atoms with Gasteiger partial charge in [0.25, 0.3) is 0 Å². The Kier molecular flexibility index (Phi) is 4.40. The molecule has 1 atom stereocenters. The van der Waals surface area contributed by atoms with Gasteiger partial charge in [-0.2, -0.15) is 0 Å². The first-order valence-corrected chi connectivity index (χ1v) is 8.93. The van der Waals surface area contributed by atoms with Crippen LogP contribution in [0.1, 0.15) is 24.8 Å². The highest BCUT2D eigenvalue weighted by Crippen LogP contribution is 2.32. The summed E-state index contributed by atoms with van der Waals surface area (Å²) in [5, 5.41) is 3.37. The minimum atomic E-state index is 0.179. The van der Waals surface area contributed by atoms with Crippen LogP contribution < -0.4 is 15.0 Å². The van der Waals surface area contributed by atoms with Crippen molar-refractivity contribution in [2.75, 3.05) is 25.0 Å². The number of aromatic nitrogens is 1. The van der Waals surface area contributed by atoms with Crippen molar-refractivity contribution in [3.05, 3.63) is 42.2 Å². The van der Waals surface area contributed by atoms with Crippen LogP contribution in [-0.2, 0) is 11.2 Å². The number of rotatable bonds is 3. The molecule has 0 unspecified atom stereocenters. The van der Waals surface area contributed by atoms with Crippen LogP contribution in [-0.4, -0.2) is 37.1 Å². The summed E-state index contributed by atoms with van der Waals surface area (Å²) >= 11 is 0. The molecule has 1 aromatic heterocycles. The van der Waals surface area contributed by atoms with E-state index in [0.717, 1.165) is 54.9 Å². The maximum Gasteiger partial charge on any atom is 0.227 e. The van der Waals surface area contributed by atoms with E-state index in [4.69, 9.17) is 4.74 Å². The number of benzene rings is 1. The number of ether oxygens (including phenoxy) is 1. The minimum Gasteiger partial charge on any atom is -0.487 e. The zero-order valence-corrected chi connectivity index (χ0v) is 14.5. The van der Waals surface area contributed by atoms with Crippen molar-refractivity contribution in [2.45, 2.75) is 31.8 Å². The average Bonchev–Trinajstić information content (AvgIpc) is 2.66. The first kappa shape index (κ1) is 16.1. The van der Waals surface area contributed by atoms with Gasteiger partial charge < -0.3 is 15.0 Å². The van der Waals surface area contributed by atoms with E-state index in [1.807, 2.05) is 19.3 Å². The number of nitrogens with one attached hydrogen (secondary N) is 1. The summed E-state index contributed by atoms with van der Waals surface area (Å²) in [6.45, 7) is 1.97. The van der Waals surface area contributed by atoms with Gasteiger partial charge in [-0.1, -0.05) is 6.07 Å². The van der Waals surface area contributed by atoms with Crippen LogP contribution in [0.25, 0.3) is 11.1 Å². The Labute approximate surface area is 148 Å². The molecule has 0 radical (unpaired) electrons. The number of piperidine rings is 1. The van der Waals surface area contributed by atoms with Crippen LogP contribution >= 0.6 is 0 Å². The highest BCUT2D eigenvalue weighted by atomic mass is 16.5. The van der Waals surface area contributed by atoms with E-state index in [-0.39, 0.29) is 12.0 Å². The Hall–Kier alpha value is -2.40. The van der Waals surface area contributed by atoms with E-state index in [1.165, 1.54) is 5.56 Å². The Morgan fingerprint density at radius 2 is 2.12 bits per heavy atom. The van der Waals surface area contributed by atoms with Crippen LogP contribution in [0.4, 0.5) is 5.69 Å². The molecule has 0 saturated carbocycles. The molecule has 25 heavy (non-hydrogen) atoms. The number of carbonyl (C=O) groups is 1. The first-order valence-electron chi connectivity index (χ1n) is 8.93. The van der Waals surface area contributed by atoms with Gasteiger partial charge in [-0.25, -0.2) is 0 Å². The normalized spacial score (nSPS) is 20.3. The van der Waals surface area contributed by atoms with Crippen LogP contribution in [0.2, 0.25) is 0 Å². The molecule has 0 spiro atoms. The maximum atomic E-state index is 11.8. The first-order chi connectivity index (χ1) is 12.2. The SMILES string of the molecule is CN1C(=O)CCc2cc(-c3cncc(O[C@H]4CCCNC4)c3)ccc21. The van der Waals surface area contributed by atoms with Crippen molar-refractivity contribution in [3.63, 3.8) is 0 Å². The molecular weight excluding hydrogens is 314 g/mol. The molecule has 2 aromatic rings. The Balaban J connectivity index is 1.57. The van der Waals surface area contributed by atoms with Crippen LogP contribution in [0.5, 0.6) is 5.75 Å². The van der Waals surface area contributed by atoms with E-state index in [9.17, 15) is 4.79 Å². The predicted octanol–water partition coefficient (Wildman–Crippen LogP) is 2.79. The highest BCUT2D eigenvalue weighted by molar-refractivity contribution is 5.96. The number of pyridine rings is 1. The maximum absolute atomic E-state index is 11.8. The standard InChI is InChI=1S/C20H23N3O2/c1-23-19-6-4-14(9-15(19)5-7-20(23)24)16-10-18(13-22-11-16)25-17-3-2-8-21-12-17/h4,6,9-11,13,17,21H,2-3,5,7-8,12H2,1H3/t17-/m0/s1. The third-order valence-electron chi connectivity index (χ3n) is 5.02. The zero-order chi connectivity index (χ0) is 17.2. The average molecular weight is 337 g/mol. The molecule has 3 heterocycles. The van der Waals surface area contributed by atoms with Crippen LogP contribution in [0, 0.1) is 0 Å². The molecule has 1 fully saturated rings. The lowest BCUT2D eigenvalue weighted by Crippen LogP contribution is -2.37. The third kappa shape index (κ3) is 3.37. The number of anilines is 1. The number of nitrogens with zero attached hydrogens (tertiary/aromatic N) is 2. The van der Waals surface area contributed by atoms with E-state index < -0.39 is 0 Å². The smallest absolute Gasteiger partial charge is 0.227 e. The quantitative estimate of drug-likeness (QED) is 0.936. The molecule has 4 rings (SSSR count). The summed E-state index contributed by atoms with van der Waals surface area (Å²) in [5.41, 5.74) is 4.38. The van der Waals surface area contributed by atoms with Gasteiger partial charge >= 0.3 is 0 Å². The highest BCUT2D eigenvalue weighted by Gasteiger charge is 2.21. The largest absolute Gasteiger partial charge is 0.487 e. The van der Waals surface area contributed by atoms with Gasteiger partial charge in [0.05, 0.1) is 6.20 Å². The molecule has 2 aliphatic heterocycles. The van der Waals surface area contributed by atoms with Crippen molar-refractivity contribution in [3.8, 4) is 16.9 Å². The number of amides is 1. The molecule has 0 bridgehead atoms. The molecule has 0 aliphatic carbocycles. The van der Waals surface area contributed by atoms with Gasteiger partial charge in [0.2, 0.25) is 5.91 Å². The Bertz CT molecular complexity index is 784. The van der Waals surface area contributed by atoms with E-state index in [2.05, 4.69) is 28.5 Å². The van der Waals surface area contributed by atoms with Gasteiger partial charge in [0, 0.05) is 37.5 Å². The van der Waals surface area contributed by atoms with E-state index >= 15 is 0 Å². The Morgan fingerprint density at radius 3 is 2.96 bits per heavy atom.